The van der Waals surface area contributed by atoms with Crippen molar-refractivity contribution in [1.82, 2.24) is 20.0 Å². The molecule has 0 radical (unpaired) electrons. The minimum absolute atomic E-state index is 0.124. The van der Waals surface area contributed by atoms with Crippen molar-refractivity contribution in [2.45, 2.75) is 58.2 Å². The Kier molecular flexibility index (Phi) is 5.13. The number of likely N-dealkylation sites (tertiary alicyclic amines) is 1. The van der Waals surface area contributed by atoms with Gasteiger partial charge in [-0.05, 0) is 19.3 Å². The van der Waals surface area contributed by atoms with Crippen LogP contribution in [0.5, 0.6) is 0 Å². The Morgan fingerprint density at radius 1 is 1.28 bits per heavy atom. The molecule has 7 heteroatoms. The molecule has 0 bridgehead atoms. The Labute approximate surface area is 148 Å². The zero-order valence-electron chi connectivity index (χ0n) is 15.4. The van der Waals surface area contributed by atoms with Crippen molar-refractivity contribution in [2.75, 3.05) is 19.6 Å². The van der Waals surface area contributed by atoms with Crippen molar-refractivity contribution < 1.29 is 14.3 Å². The average molecular weight is 348 g/mol. The standard InChI is InChI=1S/C18H28N4O3/c1-4-8-19-17(24)16-13-12-25-18(11-14(13)21(3)20-16)6-9-22(10-7-18)15(23)5-2/h4-12H2,1-3H3,(H,19,24). The molecule has 138 valence electrons. The van der Waals surface area contributed by atoms with E-state index in [4.69, 9.17) is 4.74 Å². The van der Waals surface area contributed by atoms with Gasteiger partial charge in [0, 0.05) is 50.8 Å². The summed E-state index contributed by atoms with van der Waals surface area (Å²) in [5.41, 5.74) is 2.25. The molecule has 3 rings (SSSR count). The average Bonchev–Trinajstić information content (AvgIpc) is 2.95. The fourth-order valence-electron chi connectivity index (χ4n) is 3.77. The van der Waals surface area contributed by atoms with Crippen LogP contribution in [0.4, 0.5) is 0 Å². The summed E-state index contributed by atoms with van der Waals surface area (Å²) in [5, 5.41) is 7.33. The zero-order valence-corrected chi connectivity index (χ0v) is 15.4. The number of amides is 2. The molecule has 0 aromatic carbocycles. The number of aromatic nitrogens is 2. The molecule has 1 aromatic heterocycles. The highest BCUT2D eigenvalue weighted by atomic mass is 16.5. The highest BCUT2D eigenvalue weighted by molar-refractivity contribution is 5.94. The number of piperidine rings is 1. The Bertz CT molecular complexity index is 660. The van der Waals surface area contributed by atoms with Gasteiger partial charge in [-0.25, -0.2) is 0 Å². The lowest BCUT2D eigenvalue weighted by molar-refractivity contribution is -0.140. The van der Waals surface area contributed by atoms with Crippen molar-refractivity contribution in [3.63, 3.8) is 0 Å². The number of carbonyl (C=O) groups excluding carboxylic acids is 2. The first-order valence-electron chi connectivity index (χ1n) is 9.24. The number of hydrogen-bond donors (Lipinski definition) is 1. The number of nitrogens with zero attached hydrogens (tertiary/aromatic N) is 3. The SMILES string of the molecule is CCCNC(=O)c1nn(C)c2c1COC1(CCN(C(=O)CC)CC1)C2. The van der Waals surface area contributed by atoms with Crippen molar-refractivity contribution >= 4 is 11.8 Å². The predicted molar refractivity (Wildman–Crippen MR) is 93.2 cm³/mol. The smallest absolute Gasteiger partial charge is 0.272 e. The van der Waals surface area contributed by atoms with Crippen molar-refractivity contribution in [1.29, 1.82) is 0 Å². The van der Waals surface area contributed by atoms with Gasteiger partial charge in [0.15, 0.2) is 5.69 Å². The summed E-state index contributed by atoms with van der Waals surface area (Å²) in [6.45, 7) is 6.47. The van der Waals surface area contributed by atoms with Crippen molar-refractivity contribution in [2.24, 2.45) is 7.05 Å². The Hall–Kier alpha value is -1.89. The maximum absolute atomic E-state index is 12.3. The topological polar surface area (TPSA) is 76.5 Å². The third-order valence-corrected chi connectivity index (χ3v) is 5.37. The number of ether oxygens (including phenoxy) is 1. The molecule has 3 heterocycles. The van der Waals surface area contributed by atoms with Crippen LogP contribution < -0.4 is 5.32 Å². The number of rotatable bonds is 4. The summed E-state index contributed by atoms with van der Waals surface area (Å²) in [5.74, 6) is 0.0865. The molecule has 1 N–H and O–H groups in total. The minimum Gasteiger partial charge on any atom is -0.370 e. The number of nitrogens with one attached hydrogen (secondary N) is 1. The van der Waals surface area contributed by atoms with Crippen LogP contribution in [0.3, 0.4) is 0 Å². The highest BCUT2D eigenvalue weighted by Gasteiger charge is 2.42. The van der Waals surface area contributed by atoms with E-state index in [1.54, 1.807) is 0 Å². The summed E-state index contributed by atoms with van der Waals surface area (Å²) in [4.78, 5) is 26.1. The molecule has 1 saturated heterocycles. The molecule has 0 atom stereocenters. The second-order valence-corrected chi connectivity index (χ2v) is 7.04. The minimum atomic E-state index is -0.234. The van der Waals surface area contributed by atoms with Gasteiger partial charge in [0.2, 0.25) is 5.91 Å². The molecule has 1 spiro atoms. The van der Waals surface area contributed by atoms with Gasteiger partial charge in [-0.3, -0.25) is 14.3 Å². The van der Waals surface area contributed by atoms with Gasteiger partial charge in [0.05, 0.1) is 12.2 Å². The maximum atomic E-state index is 12.3. The van der Waals surface area contributed by atoms with Crippen LogP contribution in [0, 0.1) is 0 Å². The summed E-state index contributed by atoms with van der Waals surface area (Å²) in [6.07, 6.45) is 3.87. The van der Waals surface area contributed by atoms with Gasteiger partial charge >= 0.3 is 0 Å². The van der Waals surface area contributed by atoms with E-state index in [9.17, 15) is 9.59 Å². The molecular formula is C18H28N4O3. The normalized spacial score (nSPS) is 18.9. The van der Waals surface area contributed by atoms with E-state index in [2.05, 4.69) is 10.4 Å². The molecule has 1 aromatic rings. The van der Waals surface area contributed by atoms with E-state index >= 15 is 0 Å². The van der Waals surface area contributed by atoms with Crippen LogP contribution >= 0.6 is 0 Å². The Balaban J connectivity index is 1.73. The second kappa shape index (κ2) is 7.15. The monoisotopic (exact) mass is 348 g/mol. The molecule has 2 amide bonds. The molecule has 0 aliphatic carbocycles. The van der Waals surface area contributed by atoms with Crippen LogP contribution in [0.1, 0.15) is 61.3 Å². The van der Waals surface area contributed by atoms with Crippen LogP contribution in [0.15, 0.2) is 0 Å². The molecule has 1 fully saturated rings. The number of aryl methyl sites for hydroxylation is 1. The predicted octanol–water partition coefficient (Wildman–Crippen LogP) is 1.40. The maximum Gasteiger partial charge on any atom is 0.272 e. The van der Waals surface area contributed by atoms with E-state index in [-0.39, 0.29) is 17.4 Å². The number of carbonyl (C=O) groups is 2. The van der Waals surface area contributed by atoms with Gasteiger partial charge in [-0.2, -0.15) is 5.10 Å². The largest absolute Gasteiger partial charge is 0.370 e. The van der Waals surface area contributed by atoms with E-state index in [1.165, 1.54) is 0 Å². The second-order valence-electron chi connectivity index (χ2n) is 7.04. The van der Waals surface area contributed by atoms with Gasteiger partial charge < -0.3 is 15.0 Å². The molecule has 25 heavy (non-hydrogen) atoms. The molecule has 0 unspecified atom stereocenters. The zero-order chi connectivity index (χ0) is 18.0. The van der Waals surface area contributed by atoms with Gasteiger partial charge in [-0.15, -0.1) is 0 Å². The van der Waals surface area contributed by atoms with Gasteiger partial charge in [0.1, 0.15) is 0 Å². The summed E-state index contributed by atoms with van der Waals surface area (Å²) in [7, 11) is 1.89. The van der Waals surface area contributed by atoms with Crippen LogP contribution in [-0.2, 0) is 29.6 Å². The first-order valence-corrected chi connectivity index (χ1v) is 9.24. The van der Waals surface area contributed by atoms with Crippen LogP contribution in [-0.4, -0.2) is 51.7 Å². The number of hydrogen-bond acceptors (Lipinski definition) is 4. The highest BCUT2D eigenvalue weighted by Crippen LogP contribution is 2.37. The Morgan fingerprint density at radius 2 is 2.00 bits per heavy atom. The van der Waals surface area contributed by atoms with E-state index in [0.717, 1.165) is 50.0 Å². The van der Waals surface area contributed by atoms with Gasteiger partial charge in [-0.1, -0.05) is 13.8 Å². The first-order chi connectivity index (χ1) is 12.0. The molecular weight excluding hydrogens is 320 g/mol. The summed E-state index contributed by atoms with van der Waals surface area (Å²) >= 11 is 0. The summed E-state index contributed by atoms with van der Waals surface area (Å²) < 4.78 is 8.06. The van der Waals surface area contributed by atoms with Gasteiger partial charge in [0.25, 0.3) is 5.91 Å². The summed E-state index contributed by atoms with van der Waals surface area (Å²) in [6, 6.07) is 0. The van der Waals surface area contributed by atoms with Crippen molar-refractivity contribution in [3.05, 3.63) is 17.0 Å². The fourth-order valence-corrected chi connectivity index (χ4v) is 3.77. The lowest BCUT2D eigenvalue weighted by Gasteiger charge is -2.43. The molecule has 0 saturated carbocycles. The Morgan fingerprint density at radius 3 is 2.64 bits per heavy atom. The molecule has 2 aliphatic heterocycles. The van der Waals surface area contributed by atoms with E-state index in [0.29, 0.717) is 25.3 Å². The van der Waals surface area contributed by atoms with Crippen LogP contribution in [0.2, 0.25) is 0 Å². The van der Waals surface area contributed by atoms with E-state index < -0.39 is 0 Å². The molecule has 2 aliphatic rings. The van der Waals surface area contributed by atoms with E-state index in [1.807, 2.05) is 30.5 Å². The third-order valence-electron chi connectivity index (χ3n) is 5.37. The lowest BCUT2D eigenvalue weighted by atomic mass is 9.83. The quantitative estimate of drug-likeness (QED) is 0.892. The first kappa shape index (κ1) is 17.9. The molecule has 7 nitrogen and oxygen atoms in total. The lowest BCUT2D eigenvalue weighted by Crippen LogP contribution is -2.50. The number of fused-ring (bicyclic) bond motifs is 1. The van der Waals surface area contributed by atoms with Crippen LogP contribution in [0.25, 0.3) is 0 Å². The third kappa shape index (κ3) is 3.42. The van der Waals surface area contributed by atoms with Crippen molar-refractivity contribution in [3.8, 4) is 0 Å². The fraction of sp³-hybridized carbons (Fsp3) is 0.722.